The molecule has 0 spiro atoms. The molecule has 1 aromatic carbocycles. The van der Waals surface area contributed by atoms with E-state index in [1.54, 1.807) is 16.8 Å². The van der Waals surface area contributed by atoms with E-state index in [1.165, 1.54) is 6.07 Å². The van der Waals surface area contributed by atoms with Crippen molar-refractivity contribution in [2.24, 2.45) is 18.9 Å². The minimum atomic E-state index is -0.171. The van der Waals surface area contributed by atoms with Crippen LogP contribution in [-0.4, -0.2) is 46.8 Å². The van der Waals surface area contributed by atoms with Crippen LogP contribution in [0.1, 0.15) is 29.9 Å². The zero-order valence-electron chi connectivity index (χ0n) is 16.2. The van der Waals surface area contributed by atoms with Crippen LogP contribution in [0.4, 0.5) is 4.39 Å². The molecule has 4 rings (SSSR count). The van der Waals surface area contributed by atoms with Gasteiger partial charge in [0.1, 0.15) is 5.82 Å². The first kappa shape index (κ1) is 20.8. The van der Waals surface area contributed by atoms with Crippen molar-refractivity contribution in [3.8, 4) is 0 Å². The van der Waals surface area contributed by atoms with Crippen molar-refractivity contribution < 1.29 is 9.18 Å². The predicted molar refractivity (Wildman–Crippen MR) is 109 cm³/mol. The highest BCUT2D eigenvalue weighted by Crippen LogP contribution is 2.31. The lowest BCUT2D eigenvalue weighted by Crippen LogP contribution is -2.43. The van der Waals surface area contributed by atoms with Crippen LogP contribution in [0, 0.1) is 17.7 Å². The average molecular weight is 407 g/mol. The number of hydrogen-bond donors (Lipinski definition) is 1. The van der Waals surface area contributed by atoms with Gasteiger partial charge in [0.15, 0.2) is 0 Å². The fourth-order valence-electron chi connectivity index (χ4n) is 4.51. The molecule has 0 unspecified atom stereocenters. The lowest BCUT2D eigenvalue weighted by molar-refractivity contribution is -0.136. The Labute approximate surface area is 171 Å². The standard InChI is InChI=1S/C21H27FN4O.ClH/c1-25-14-17(11-24-25)19-12-23-13-20(19)21(27)26-7-5-15(6-8-26)9-16-3-2-4-18(22)10-16;/h2-4,10-11,14-15,19-20,23H,5-9,12-13H2,1H3;1H/t19-,20+;/m1./s1. The minimum Gasteiger partial charge on any atom is -0.342 e. The largest absolute Gasteiger partial charge is 0.342 e. The average Bonchev–Trinajstić information content (AvgIpc) is 3.30. The van der Waals surface area contributed by atoms with Crippen molar-refractivity contribution in [3.63, 3.8) is 0 Å². The highest BCUT2D eigenvalue weighted by Gasteiger charge is 2.37. The molecule has 28 heavy (non-hydrogen) atoms. The summed E-state index contributed by atoms with van der Waals surface area (Å²) in [6.07, 6.45) is 6.76. The summed E-state index contributed by atoms with van der Waals surface area (Å²) >= 11 is 0. The number of benzene rings is 1. The van der Waals surface area contributed by atoms with Gasteiger partial charge in [-0.25, -0.2) is 4.39 Å². The number of carbonyl (C=O) groups is 1. The first-order valence-corrected chi connectivity index (χ1v) is 9.82. The van der Waals surface area contributed by atoms with Gasteiger partial charge in [0.2, 0.25) is 5.91 Å². The van der Waals surface area contributed by atoms with Gasteiger partial charge in [0.25, 0.3) is 0 Å². The van der Waals surface area contributed by atoms with Crippen LogP contribution in [-0.2, 0) is 18.3 Å². The quantitative estimate of drug-likeness (QED) is 0.849. The van der Waals surface area contributed by atoms with Crippen LogP contribution in [0.5, 0.6) is 0 Å². The summed E-state index contributed by atoms with van der Waals surface area (Å²) < 4.78 is 15.2. The lowest BCUT2D eigenvalue weighted by atomic mass is 9.87. The number of aryl methyl sites for hydroxylation is 1. The zero-order chi connectivity index (χ0) is 18.8. The number of nitrogens with one attached hydrogen (secondary N) is 1. The van der Waals surface area contributed by atoms with E-state index >= 15 is 0 Å². The van der Waals surface area contributed by atoms with Crippen molar-refractivity contribution in [1.29, 1.82) is 0 Å². The molecule has 0 radical (unpaired) electrons. The molecule has 152 valence electrons. The summed E-state index contributed by atoms with van der Waals surface area (Å²) in [6.45, 7) is 3.17. The molecule has 0 saturated carbocycles. The fourth-order valence-corrected chi connectivity index (χ4v) is 4.51. The number of carbonyl (C=O) groups excluding carboxylic acids is 1. The van der Waals surface area contributed by atoms with Gasteiger partial charge in [-0.05, 0) is 48.4 Å². The van der Waals surface area contributed by atoms with Crippen molar-refractivity contribution in [1.82, 2.24) is 20.0 Å². The van der Waals surface area contributed by atoms with Gasteiger partial charge in [-0.2, -0.15) is 5.10 Å². The van der Waals surface area contributed by atoms with Gasteiger partial charge in [-0.15, -0.1) is 12.4 Å². The Kier molecular flexibility index (Phi) is 6.73. The van der Waals surface area contributed by atoms with Crippen molar-refractivity contribution >= 4 is 18.3 Å². The first-order chi connectivity index (χ1) is 13.1. The maximum atomic E-state index is 13.4. The van der Waals surface area contributed by atoms with Crippen LogP contribution >= 0.6 is 12.4 Å². The second kappa shape index (κ2) is 9.05. The number of aromatic nitrogens is 2. The van der Waals surface area contributed by atoms with Crippen LogP contribution in [0.3, 0.4) is 0 Å². The molecule has 2 fully saturated rings. The van der Waals surface area contributed by atoms with E-state index in [2.05, 4.69) is 10.4 Å². The number of rotatable bonds is 4. The molecule has 1 aromatic heterocycles. The summed E-state index contributed by atoms with van der Waals surface area (Å²) in [4.78, 5) is 15.1. The van der Waals surface area contributed by atoms with Gasteiger partial charge < -0.3 is 10.2 Å². The molecule has 7 heteroatoms. The highest BCUT2D eigenvalue weighted by atomic mass is 35.5. The summed E-state index contributed by atoms with van der Waals surface area (Å²) in [6, 6.07) is 6.87. The van der Waals surface area contributed by atoms with E-state index in [-0.39, 0.29) is 36.0 Å². The van der Waals surface area contributed by atoms with E-state index in [4.69, 9.17) is 0 Å². The van der Waals surface area contributed by atoms with Gasteiger partial charge in [0, 0.05) is 45.3 Å². The molecule has 2 aliphatic rings. The van der Waals surface area contributed by atoms with Crippen molar-refractivity contribution in [2.75, 3.05) is 26.2 Å². The maximum Gasteiger partial charge on any atom is 0.227 e. The van der Waals surface area contributed by atoms with Gasteiger partial charge in [-0.3, -0.25) is 9.48 Å². The number of piperidine rings is 1. The maximum absolute atomic E-state index is 13.4. The van der Waals surface area contributed by atoms with Gasteiger partial charge in [-0.1, -0.05) is 12.1 Å². The predicted octanol–water partition coefficient (Wildman–Crippen LogP) is 2.77. The normalized spacial score (nSPS) is 22.9. The SMILES string of the molecule is Cl.Cn1cc([C@H]2CNC[C@@H]2C(=O)N2CCC(Cc3cccc(F)c3)CC2)cn1. The Morgan fingerprint density at radius 3 is 2.75 bits per heavy atom. The van der Waals surface area contributed by atoms with E-state index in [0.29, 0.717) is 5.92 Å². The second-order valence-electron chi connectivity index (χ2n) is 7.92. The number of nitrogens with zero attached hydrogens (tertiary/aromatic N) is 3. The molecule has 2 saturated heterocycles. The third-order valence-electron chi connectivity index (χ3n) is 6.02. The smallest absolute Gasteiger partial charge is 0.227 e. The molecule has 1 amide bonds. The Bertz CT molecular complexity index is 803. The third-order valence-corrected chi connectivity index (χ3v) is 6.02. The monoisotopic (exact) mass is 406 g/mol. The molecule has 5 nitrogen and oxygen atoms in total. The number of hydrogen-bond acceptors (Lipinski definition) is 3. The summed E-state index contributed by atoms with van der Waals surface area (Å²) in [5.41, 5.74) is 2.19. The molecule has 0 aliphatic carbocycles. The number of halogens is 2. The summed E-state index contributed by atoms with van der Waals surface area (Å²) in [5, 5.41) is 7.64. The molecule has 2 aliphatic heterocycles. The van der Waals surface area contributed by atoms with E-state index < -0.39 is 0 Å². The summed E-state index contributed by atoms with van der Waals surface area (Å²) in [5.74, 6) is 0.810. The number of likely N-dealkylation sites (tertiary alicyclic amines) is 1. The Morgan fingerprint density at radius 1 is 1.29 bits per heavy atom. The molecule has 2 aromatic rings. The van der Waals surface area contributed by atoms with Crippen LogP contribution in [0.15, 0.2) is 36.7 Å². The molecule has 1 N–H and O–H groups in total. The van der Waals surface area contributed by atoms with E-state index in [0.717, 1.165) is 56.6 Å². The molecular formula is C21H28ClFN4O. The Balaban J connectivity index is 0.00000225. The fraction of sp³-hybridized carbons (Fsp3) is 0.524. The molecule has 0 bridgehead atoms. The third kappa shape index (κ3) is 4.55. The van der Waals surface area contributed by atoms with Crippen LogP contribution < -0.4 is 5.32 Å². The Hall–Kier alpha value is -1.92. The van der Waals surface area contributed by atoms with Crippen molar-refractivity contribution in [3.05, 3.63) is 53.6 Å². The highest BCUT2D eigenvalue weighted by molar-refractivity contribution is 5.85. The first-order valence-electron chi connectivity index (χ1n) is 9.82. The van der Waals surface area contributed by atoms with Crippen LogP contribution in [0.2, 0.25) is 0 Å². The summed E-state index contributed by atoms with van der Waals surface area (Å²) in [7, 11) is 1.91. The second-order valence-corrected chi connectivity index (χ2v) is 7.92. The number of amides is 1. The van der Waals surface area contributed by atoms with Crippen LogP contribution in [0.25, 0.3) is 0 Å². The van der Waals surface area contributed by atoms with Gasteiger partial charge >= 0.3 is 0 Å². The molecular weight excluding hydrogens is 379 g/mol. The van der Waals surface area contributed by atoms with Crippen molar-refractivity contribution in [2.45, 2.75) is 25.2 Å². The topological polar surface area (TPSA) is 50.2 Å². The molecule has 2 atom stereocenters. The van der Waals surface area contributed by atoms with Gasteiger partial charge in [0.05, 0.1) is 12.1 Å². The minimum absolute atomic E-state index is 0. The Morgan fingerprint density at radius 2 is 2.07 bits per heavy atom. The van der Waals surface area contributed by atoms with E-state index in [9.17, 15) is 9.18 Å². The lowest BCUT2D eigenvalue weighted by Gasteiger charge is -2.34. The zero-order valence-corrected chi connectivity index (χ0v) is 17.0. The molecule has 3 heterocycles. The van der Waals surface area contributed by atoms with E-state index in [1.807, 2.05) is 30.4 Å².